The van der Waals surface area contributed by atoms with Crippen LogP contribution in [0.5, 0.6) is 11.5 Å². The maximum Gasteiger partial charge on any atom is 0.294 e. The molecule has 0 saturated carbocycles. The topological polar surface area (TPSA) is 66.2 Å². The number of benzene rings is 2. The summed E-state index contributed by atoms with van der Waals surface area (Å²) in [6.45, 7) is 4.31. The van der Waals surface area contributed by atoms with E-state index in [1.165, 1.54) is 16.0 Å². The van der Waals surface area contributed by atoms with Crippen LogP contribution in [0.15, 0.2) is 47.3 Å². The van der Waals surface area contributed by atoms with Crippen molar-refractivity contribution in [1.82, 2.24) is 14.8 Å². The highest BCUT2D eigenvalue weighted by Crippen LogP contribution is 2.35. The molecule has 2 aromatic heterocycles. The van der Waals surface area contributed by atoms with Gasteiger partial charge in [-0.2, -0.15) is 5.10 Å². The third-order valence-corrected chi connectivity index (χ3v) is 5.66. The summed E-state index contributed by atoms with van der Waals surface area (Å²) in [6, 6.07) is 13.7. The average Bonchev–Trinajstić information content (AvgIpc) is 3.11. The Morgan fingerprint density at radius 2 is 1.83 bits per heavy atom. The predicted octanol–water partition coefficient (Wildman–Crippen LogP) is 4.20. The molecule has 7 heteroatoms. The van der Waals surface area contributed by atoms with Crippen LogP contribution >= 0.6 is 11.3 Å². The molecule has 0 aliphatic rings. The molecule has 0 N–H and O–H groups in total. The van der Waals surface area contributed by atoms with Gasteiger partial charge in [0.15, 0.2) is 17.0 Å². The summed E-state index contributed by atoms with van der Waals surface area (Å²) in [5.41, 5.74) is 3.97. The zero-order chi connectivity index (χ0) is 20.5. The van der Waals surface area contributed by atoms with E-state index in [1.54, 1.807) is 14.2 Å². The Morgan fingerprint density at radius 3 is 2.55 bits per heavy atom. The normalized spacial score (nSPS) is 11.0. The van der Waals surface area contributed by atoms with E-state index in [0.717, 1.165) is 26.4 Å². The number of hydrogen-bond acceptors (Lipinski definition) is 6. The van der Waals surface area contributed by atoms with Crippen molar-refractivity contribution in [3.63, 3.8) is 0 Å². The van der Waals surface area contributed by atoms with E-state index in [-0.39, 0.29) is 5.56 Å². The van der Waals surface area contributed by atoms with Crippen LogP contribution in [0, 0.1) is 13.8 Å². The van der Waals surface area contributed by atoms with Crippen LogP contribution < -0.4 is 15.0 Å². The smallest absolute Gasteiger partial charge is 0.294 e. The molecule has 4 rings (SSSR count). The van der Waals surface area contributed by atoms with Gasteiger partial charge in [-0.05, 0) is 37.6 Å². The van der Waals surface area contributed by atoms with Gasteiger partial charge in [-0.15, -0.1) is 11.3 Å². The first-order chi connectivity index (χ1) is 14.0. The summed E-state index contributed by atoms with van der Waals surface area (Å²) < 4.78 is 13.1. The molecule has 0 amide bonds. The molecule has 29 heavy (non-hydrogen) atoms. The predicted molar refractivity (Wildman–Crippen MR) is 115 cm³/mol. The molecule has 0 fully saturated rings. The summed E-state index contributed by atoms with van der Waals surface area (Å²) in [6.07, 6.45) is 0. The van der Waals surface area contributed by atoms with Crippen molar-refractivity contribution in [2.45, 2.75) is 20.4 Å². The average molecular weight is 407 g/mol. The molecular formula is C22H21N3O3S. The molecule has 0 radical (unpaired) electrons. The van der Waals surface area contributed by atoms with Crippen LogP contribution in [0.25, 0.3) is 21.5 Å². The van der Waals surface area contributed by atoms with E-state index in [1.807, 2.05) is 50.2 Å². The van der Waals surface area contributed by atoms with Crippen LogP contribution in [-0.2, 0) is 6.54 Å². The summed E-state index contributed by atoms with van der Waals surface area (Å²) in [7, 11) is 3.20. The molecule has 2 heterocycles. The van der Waals surface area contributed by atoms with Crippen molar-refractivity contribution in [3.05, 3.63) is 69.0 Å². The first-order valence-electron chi connectivity index (χ1n) is 9.16. The van der Waals surface area contributed by atoms with Gasteiger partial charge in [0.25, 0.3) is 5.56 Å². The molecule has 148 valence electrons. The molecule has 0 bridgehead atoms. The first kappa shape index (κ1) is 19.1. The second-order valence-electron chi connectivity index (χ2n) is 6.78. The SMILES string of the molecule is COc1ccc(-c2nn(Cc3cccc(C)c3)c(=O)c3nc(C)sc23)cc1OC. The lowest BCUT2D eigenvalue weighted by Crippen LogP contribution is -2.24. The highest BCUT2D eigenvalue weighted by atomic mass is 32.1. The number of ether oxygens (including phenoxy) is 2. The molecule has 0 atom stereocenters. The van der Waals surface area contributed by atoms with E-state index < -0.39 is 0 Å². The summed E-state index contributed by atoms with van der Waals surface area (Å²) in [4.78, 5) is 17.5. The van der Waals surface area contributed by atoms with Gasteiger partial charge in [0.2, 0.25) is 0 Å². The molecule has 0 aliphatic carbocycles. The van der Waals surface area contributed by atoms with Crippen molar-refractivity contribution >= 4 is 21.6 Å². The standard InChI is InChI=1S/C22H21N3O3S/c1-13-6-5-7-15(10-13)12-25-22(26)20-21(29-14(2)23-20)19(24-25)16-8-9-17(27-3)18(11-16)28-4/h5-11H,12H2,1-4H3. The van der Waals surface area contributed by atoms with E-state index in [9.17, 15) is 4.79 Å². The molecule has 4 aromatic rings. The second kappa shape index (κ2) is 7.67. The molecule has 0 saturated heterocycles. The number of methoxy groups -OCH3 is 2. The fraction of sp³-hybridized carbons (Fsp3) is 0.227. The van der Waals surface area contributed by atoms with Crippen molar-refractivity contribution in [2.75, 3.05) is 14.2 Å². The first-order valence-corrected chi connectivity index (χ1v) is 9.98. The van der Waals surface area contributed by atoms with E-state index in [0.29, 0.717) is 29.3 Å². The Balaban J connectivity index is 1.92. The minimum absolute atomic E-state index is 0.185. The van der Waals surface area contributed by atoms with Crippen LogP contribution in [0.1, 0.15) is 16.1 Å². The number of hydrogen-bond donors (Lipinski definition) is 0. The van der Waals surface area contributed by atoms with Gasteiger partial charge in [-0.1, -0.05) is 29.8 Å². The van der Waals surface area contributed by atoms with Gasteiger partial charge in [0.1, 0.15) is 5.69 Å². The van der Waals surface area contributed by atoms with Crippen molar-refractivity contribution in [2.24, 2.45) is 0 Å². The van der Waals surface area contributed by atoms with Gasteiger partial charge < -0.3 is 9.47 Å². The summed E-state index contributed by atoms with van der Waals surface area (Å²) in [5, 5.41) is 5.55. The second-order valence-corrected chi connectivity index (χ2v) is 7.98. The highest BCUT2D eigenvalue weighted by Gasteiger charge is 2.18. The number of aryl methyl sites for hydroxylation is 2. The molecule has 6 nitrogen and oxygen atoms in total. The summed E-state index contributed by atoms with van der Waals surface area (Å²) in [5.74, 6) is 1.25. The lowest BCUT2D eigenvalue weighted by atomic mass is 10.1. The Bertz CT molecular complexity index is 1260. The number of thiazole rings is 1. The van der Waals surface area contributed by atoms with Gasteiger partial charge in [-0.25, -0.2) is 9.67 Å². The fourth-order valence-corrected chi connectivity index (χ4v) is 4.25. The van der Waals surface area contributed by atoms with Gasteiger partial charge in [0.05, 0.1) is 30.5 Å². The number of fused-ring (bicyclic) bond motifs is 1. The number of nitrogens with zero attached hydrogens (tertiary/aromatic N) is 3. The van der Waals surface area contributed by atoms with Crippen LogP contribution in [0.3, 0.4) is 0 Å². The van der Waals surface area contributed by atoms with Gasteiger partial charge >= 0.3 is 0 Å². The van der Waals surface area contributed by atoms with Crippen LogP contribution in [0.2, 0.25) is 0 Å². The third-order valence-electron chi connectivity index (χ3n) is 4.68. The number of rotatable bonds is 5. The fourth-order valence-electron chi connectivity index (χ4n) is 3.33. The minimum atomic E-state index is -0.185. The maximum absolute atomic E-state index is 13.0. The van der Waals surface area contributed by atoms with Crippen molar-refractivity contribution < 1.29 is 9.47 Å². The van der Waals surface area contributed by atoms with E-state index >= 15 is 0 Å². The quantitative estimate of drug-likeness (QED) is 0.496. The van der Waals surface area contributed by atoms with Gasteiger partial charge in [0, 0.05) is 5.56 Å². The van der Waals surface area contributed by atoms with Crippen molar-refractivity contribution in [3.8, 4) is 22.8 Å². The Morgan fingerprint density at radius 1 is 1.03 bits per heavy atom. The third kappa shape index (κ3) is 3.61. The molecular weight excluding hydrogens is 386 g/mol. The highest BCUT2D eigenvalue weighted by molar-refractivity contribution is 7.19. The minimum Gasteiger partial charge on any atom is -0.493 e. The zero-order valence-electron chi connectivity index (χ0n) is 16.7. The maximum atomic E-state index is 13.0. The lowest BCUT2D eigenvalue weighted by Gasteiger charge is -2.12. The monoisotopic (exact) mass is 407 g/mol. The lowest BCUT2D eigenvalue weighted by molar-refractivity contribution is 0.355. The molecule has 0 unspecified atom stereocenters. The largest absolute Gasteiger partial charge is 0.493 e. The Labute approximate surface area is 172 Å². The van der Waals surface area contributed by atoms with Crippen molar-refractivity contribution in [1.29, 1.82) is 0 Å². The summed E-state index contributed by atoms with van der Waals surface area (Å²) >= 11 is 1.47. The van der Waals surface area contributed by atoms with E-state index in [4.69, 9.17) is 14.6 Å². The zero-order valence-corrected chi connectivity index (χ0v) is 17.5. The Kier molecular flexibility index (Phi) is 5.07. The number of aromatic nitrogens is 3. The van der Waals surface area contributed by atoms with Crippen LogP contribution in [0.4, 0.5) is 0 Å². The molecule has 0 spiro atoms. The molecule has 2 aromatic carbocycles. The Hall–Kier alpha value is -3.19. The molecule has 0 aliphatic heterocycles. The van der Waals surface area contributed by atoms with E-state index in [2.05, 4.69) is 11.1 Å². The van der Waals surface area contributed by atoms with Crippen LogP contribution in [-0.4, -0.2) is 29.0 Å². The van der Waals surface area contributed by atoms with Gasteiger partial charge in [-0.3, -0.25) is 4.79 Å².